The largest absolute Gasteiger partial charge is 0.456 e. The van der Waals surface area contributed by atoms with Gasteiger partial charge in [0.25, 0.3) is 0 Å². The van der Waals surface area contributed by atoms with Crippen LogP contribution in [0, 0.1) is 22.7 Å². The molecule has 0 aliphatic rings. The van der Waals surface area contributed by atoms with E-state index in [2.05, 4.69) is 0 Å². The van der Waals surface area contributed by atoms with E-state index in [0.717, 1.165) is 5.69 Å². The Balaban J connectivity index is 3.28. The van der Waals surface area contributed by atoms with E-state index < -0.39 is 11.6 Å². The molecule has 0 bridgehead atoms. The molecule has 0 saturated heterocycles. The molecule has 5 heteroatoms. The average Bonchev–Trinajstić information content (AvgIpc) is 2.42. The van der Waals surface area contributed by atoms with Crippen molar-refractivity contribution in [1.29, 1.82) is 10.5 Å². The third-order valence-corrected chi connectivity index (χ3v) is 2.75. The van der Waals surface area contributed by atoms with E-state index in [1.807, 2.05) is 37.2 Å². The first-order valence-electron chi connectivity index (χ1n) is 6.75. The second-order valence-electron chi connectivity index (χ2n) is 5.92. The lowest BCUT2D eigenvalue weighted by Gasteiger charge is -2.19. The molecule has 0 saturated carbocycles. The van der Waals surface area contributed by atoms with E-state index in [1.54, 1.807) is 39.0 Å². The molecule has 22 heavy (non-hydrogen) atoms. The maximum absolute atomic E-state index is 12.1. The van der Waals surface area contributed by atoms with Crippen LogP contribution in [0.5, 0.6) is 0 Å². The third-order valence-electron chi connectivity index (χ3n) is 2.75. The third kappa shape index (κ3) is 4.36. The van der Waals surface area contributed by atoms with Gasteiger partial charge in [-0.05, 0) is 38.5 Å². The number of hydrogen-bond acceptors (Lipinski definition) is 5. The summed E-state index contributed by atoms with van der Waals surface area (Å²) in [5.41, 5.74) is 0.471. The summed E-state index contributed by atoms with van der Waals surface area (Å²) >= 11 is 0. The zero-order valence-electron chi connectivity index (χ0n) is 13.5. The van der Waals surface area contributed by atoms with Crippen molar-refractivity contribution in [2.45, 2.75) is 26.4 Å². The number of nitrogens with zero attached hydrogens (tertiary/aromatic N) is 3. The number of rotatable bonds is 3. The van der Waals surface area contributed by atoms with Crippen LogP contribution >= 0.6 is 0 Å². The van der Waals surface area contributed by atoms with Crippen molar-refractivity contribution >= 4 is 17.2 Å². The maximum atomic E-state index is 12.1. The molecule has 0 atom stereocenters. The van der Waals surface area contributed by atoms with Crippen molar-refractivity contribution in [2.24, 2.45) is 0 Å². The van der Waals surface area contributed by atoms with E-state index >= 15 is 0 Å². The van der Waals surface area contributed by atoms with Gasteiger partial charge in [0.15, 0.2) is 5.57 Å². The SMILES string of the molecule is CN(C)c1ccc(/C(C#N)=C(\C#N)C(=O)OC(C)(C)C)cc1. The van der Waals surface area contributed by atoms with Gasteiger partial charge in [0.1, 0.15) is 17.7 Å². The zero-order valence-corrected chi connectivity index (χ0v) is 13.5. The minimum absolute atomic E-state index is 0.0158. The standard InChI is InChI=1S/C17H19N3O2/c1-17(2,3)22-16(21)15(11-19)14(10-18)12-6-8-13(9-7-12)20(4)5/h6-9H,1-5H3/b15-14+. The Bertz CT molecular complexity index is 666. The Morgan fingerprint density at radius 3 is 2.00 bits per heavy atom. The van der Waals surface area contributed by atoms with E-state index in [1.165, 1.54) is 0 Å². The minimum Gasteiger partial charge on any atom is -0.456 e. The molecule has 0 aliphatic heterocycles. The smallest absolute Gasteiger partial charge is 0.350 e. The molecule has 0 heterocycles. The zero-order chi connectivity index (χ0) is 16.9. The predicted molar refractivity (Wildman–Crippen MR) is 84.8 cm³/mol. The number of benzene rings is 1. The fourth-order valence-electron chi connectivity index (χ4n) is 1.72. The van der Waals surface area contributed by atoms with Crippen LogP contribution in [0.1, 0.15) is 26.3 Å². The fraction of sp³-hybridized carbons (Fsp3) is 0.353. The summed E-state index contributed by atoms with van der Waals surface area (Å²) in [7, 11) is 3.80. The molecule has 5 nitrogen and oxygen atoms in total. The quantitative estimate of drug-likeness (QED) is 0.487. The number of carbonyl (C=O) groups is 1. The highest BCUT2D eigenvalue weighted by Crippen LogP contribution is 2.23. The van der Waals surface area contributed by atoms with Gasteiger partial charge in [0.05, 0.1) is 5.57 Å². The molecule has 0 fully saturated rings. The summed E-state index contributed by atoms with van der Waals surface area (Å²) < 4.78 is 5.18. The van der Waals surface area contributed by atoms with Crippen LogP contribution in [-0.2, 0) is 9.53 Å². The normalized spacial score (nSPS) is 11.8. The first kappa shape index (κ1) is 17.3. The van der Waals surface area contributed by atoms with Gasteiger partial charge >= 0.3 is 5.97 Å². The Hall–Kier alpha value is -2.79. The summed E-state index contributed by atoms with van der Waals surface area (Å²) in [6, 6.07) is 10.8. The molecule has 114 valence electrons. The van der Waals surface area contributed by atoms with Crippen LogP contribution in [0.3, 0.4) is 0 Å². The molecule has 1 aromatic rings. The van der Waals surface area contributed by atoms with Crippen molar-refractivity contribution in [3.63, 3.8) is 0 Å². The summed E-state index contributed by atoms with van der Waals surface area (Å²) in [6.45, 7) is 5.12. The number of ether oxygens (including phenoxy) is 1. The van der Waals surface area contributed by atoms with Crippen LogP contribution in [0.2, 0.25) is 0 Å². The molecule has 0 amide bonds. The molecular weight excluding hydrogens is 278 g/mol. The molecule has 1 rings (SSSR count). The van der Waals surface area contributed by atoms with Crippen molar-refractivity contribution in [1.82, 2.24) is 0 Å². The molecule has 0 aliphatic carbocycles. The van der Waals surface area contributed by atoms with Crippen molar-refractivity contribution < 1.29 is 9.53 Å². The number of anilines is 1. The fourth-order valence-corrected chi connectivity index (χ4v) is 1.72. The highest BCUT2D eigenvalue weighted by molar-refractivity contribution is 6.04. The van der Waals surface area contributed by atoms with Gasteiger partial charge in [-0.1, -0.05) is 12.1 Å². The summed E-state index contributed by atoms with van der Waals surface area (Å²) in [6.07, 6.45) is 0. The second kappa shape index (κ2) is 6.78. The van der Waals surface area contributed by atoms with Gasteiger partial charge in [0.2, 0.25) is 0 Å². The molecule has 1 aromatic carbocycles. The van der Waals surface area contributed by atoms with Crippen LogP contribution in [0.4, 0.5) is 5.69 Å². The van der Waals surface area contributed by atoms with Gasteiger partial charge < -0.3 is 9.64 Å². The van der Waals surface area contributed by atoms with Gasteiger partial charge in [-0.3, -0.25) is 0 Å². The Labute approximate surface area is 131 Å². The van der Waals surface area contributed by atoms with Crippen molar-refractivity contribution in [2.75, 3.05) is 19.0 Å². The van der Waals surface area contributed by atoms with Gasteiger partial charge in [0, 0.05) is 19.8 Å². The Kier molecular flexibility index (Phi) is 5.32. The van der Waals surface area contributed by atoms with E-state index in [9.17, 15) is 15.3 Å². The maximum Gasteiger partial charge on any atom is 0.350 e. The molecule has 0 unspecified atom stereocenters. The number of hydrogen-bond donors (Lipinski definition) is 0. The first-order chi connectivity index (χ1) is 10.2. The summed E-state index contributed by atoms with van der Waals surface area (Å²) in [5.74, 6) is -0.789. The second-order valence-corrected chi connectivity index (χ2v) is 5.92. The Morgan fingerprint density at radius 1 is 1.09 bits per heavy atom. The van der Waals surface area contributed by atoms with Crippen molar-refractivity contribution in [3.05, 3.63) is 35.4 Å². The van der Waals surface area contributed by atoms with Crippen LogP contribution in [0.25, 0.3) is 5.57 Å². The molecule has 0 N–H and O–H groups in total. The first-order valence-corrected chi connectivity index (χ1v) is 6.75. The lowest BCUT2D eigenvalue weighted by molar-refractivity contribution is -0.149. The monoisotopic (exact) mass is 297 g/mol. The van der Waals surface area contributed by atoms with Gasteiger partial charge in [-0.15, -0.1) is 0 Å². The molecular formula is C17H19N3O2. The van der Waals surface area contributed by atoms with Crippen molar-refractivity contribution in [3.8, 4) is 12.1 Å². The van der Waals surface area contributed by atoms with Gasteiger partial charge in [-0.2, -0.15) is 10.5 Å². The summed E-state index contributed by atoms with van der Waals surface area (Å²) in [4.78, 5) is 14.0. The lowest BCUT2D eigenvalue weighted by atomic mass is 10.0. The van der Waals surface area contributed by atoms with E-state index in [4.69, 9.17) is 4.74 Å². The van der Waals surface area contributed by atoms with Gasteiger partial charge in [-0.25, -0.2) is 4.79 Å². The summed E-state index contributed by atoms with van der Waals surface area (Å²) in [5, 5.41) is 18.6. The predicted octanol–water partition coefficient (Wildman–Crippen LogP) is 2.90. The highest BCUT2D eigenvalue weighted by Gasteiger charge is 2.23. The van der Waals surface area contributed by atoms with Crippen LogP contribution < -0.4 is 4.90 Å². The Morgan fingerprint density at radius 2 is 1.64 bits per heavy atom. The number of allylic oxidation sites excluding steroid dienone is 1. The topological polar surface area (TPSA) is 77.1 Å². The average molecular weight is 297 g/mol. The minimum atomic E-state index is -0.789. The lowest BCUT2D eigenvalue weighted by Crippen LogP contribution is -2.25. The van der Waals surface area contributed by atoms with Crippen LogP contribution in [0.15, 0.2) is 29.8 Å². The molecule has 0 spiro atoms. The number of esters is 1. The molecule has 0 radical (unpaired) electrons. The van der Waals surface area contributed by atoms with E-state index in [0.29, 0.717) is 5.56 Å². The van der Waals surface area contributed by atoms with Crippen LogP contribution in [-0.4, -0.2) is 25.7 Å². The highest BCUT2D eigenvalue weighted by atomic mass is 16.6. The number of nitriles is 2. The van der Waals surface area contributed by atoms with E-state index in [-0.39, 0.29) is 11.1 Å². The molecule has 0 aromatic heterocycles. The number of carbonyl (C=O) groups excluding carboxylic acids is 1.